The Kier molecular flexibility index (Phi) is 4.53. The lowest BCUT2D eigenvalue weighted by Crippen LogP contribution is -2.16. The van der Waals surface area contributed by atoms with E-state index in [4.69, 9.17) is 19.4 Å². The van der Waals surface area contributed by atoms with Gasteiger partial charge in [0.1, 0.15) is 10.3 Å². The molecule has 9 heteroatoms. The predicted octanol–water partition coefficient (Wildman–Crippen LogP) is 2.60. The van der Waals surface area contributed by atoms with E-state index in [0.717, 1.165) is 0 Å². The highest BCUT2D eigenvalue weighted by atomic mass is 16.8. The summed E-state index contributed by atoms with van der Waals surface area (Å²) < 4.78 is 10.8. The molecule has 1 fully saturated rings. The maximum atomic E-state index is 12.7. The highest BCUT2D eigenvalue weighted by Gasteiger charge is 2.61. The summed E-state index contributed by atoms with van der Waals surface area (Å²) in [4.78, 5) is 41.3. The van der Waals surface area contributed by atoms with E-state index < -0.39 is 18.4 Å². The lowest BCUT2D eigenvalue weighted by atomic mass is 10.1. The van der Waals surface area contributed by atoms with Crippen molar-refractivity contribution < 1.29 is 33.9 Å². The van der Waals surface area contributed by atoms with Crippen molar-refractivity contribution in [2.24, 2.45) is 0 Å². The summed E-state index contributed by atoms with van der Waals surface area (Å²) in [6.07, 6.45) is -2.53. The SMILES string of the molecule is COc1ccc(C2O[N+](=O)C(c3cccc(C(=O)O)c3)[N+]2=O)cc1OC. The predicted molar refractivity (Wildman–Crippen MR) is 86.8 cm³/mol. The second kappa shape index (κ2) is 6.79. The Morgan fingerprint density at radius 1 is 1.04 bits per heavy atom. The number of hydrogen-bond donors (Lipinski definition) is 1. The number of rotatable bonds is 5. The van der Waals surface area contributed by atoms with Gasteiger partial charge < -0.3 is 14.6 Å². The van der Waals surface area contributed by atoms with Gasteiger partial charge in [0.15, 0.2) is 11.5 Å². The third-order valence-electron chi connectivity index (χ3n) is 4.00. The number of hydrogen-bond acceptors (Lipinski definition) is 6. The van der Waals surface area contributed by atoms with Crippen molar-refractivity contribution in [1.29, 1.82) is 0 Å². The van der Waals surface area contributed by atoms with Crippen molar-refractivity contribution >= 4 is 5.97 Å². The highest BCUT2D eigenvalue weighted by molar-refractivity contribution is 5.87. The van der Waals surface area contributed by atoms with Gasteiger partial charge >= 0.3 is 23.3 Å². The summed E-state index contributed by atoms with van der Waals surface area (Å²) in [5.74, 6) is -0.302. The summed E-state index contributed by atoms with van der Waals surface area (Å²) >= 11 is 0. The molecule has 0 amide bonds. The molecule has 26 heavy (non-hydrogen) atoms. The summed E-state index contributed by atoms with van der Waals surface area (Å²) in [6, 6.07) is 10.3. The van der Waals surface area contributed by atoms with Crippen molar-refractivity contribution in [3.05, 3.63) is 69.0 Å². The van der Waals surface area contributed by atoms with Crippen molar-refractivity contribution in [2.75, 3.05) is 14.2 Å². The Bertz CT molecular complexity index is 896. The van der Waals surface area contributed by atoms with Crippen LogP contribution < -0.4 is 9.47 Å². The fourth-order valence-electron chi connectivity index (χ4n) is 2.74. The van der Waals surface area contributed by atoms with Crippen molar-refractivity contribution in [2.45, 2.75) is 12.4 Å². The van der Waals surface area contributed by atoms with Crippen LogP contribution in [0.2, 0.25) is 0 Å². The molecule has 1 aliphatic heterocycles. The third kappa shape index (κ3) is 2.94. The number of carboxylic acids is 1. The van der Waals surface area contributed by atoms with E-state index in [0.29, 0.717) is 21.8 Å². The molecule has 1 saturated heterocycles. The largest absolute Gasteiger partial charge is 0.511 e. The second-order valence-corrected chi connectivity index (χ2v) is 5.52. The number of ether oxygens (including phenoxy) is 2. The zero-order chi connectivity index (χ0) is 18.8. The van der Waals surface area contributed by atoms with E-state index >= 15 is 0 Å². The second-order valence-electron chi connectivity index (χ2n) is 5.52. The van der Waals surface area contributed by atoms with Crippen LogP contribution in [0.25, 0.3) is 0 Å². The van der Waals surface area contributed by atoms with Crippen molar-refractivity contribution in [1.82, 2.24) is 0 Å². The lowest BCUT2D eigenvalue weighted by molar-refractivity contribution is -0.842. The fraction of sp³-hybridized carbons (Fsp3) is 0.235. The van der Waals surface area contributed by atoms with E-state index in [1.54, 1.807) is 12.1 Å². The smallest absolute Gasteiger partial charge is 0.493 e. The van der Waals surface area contributed by atoms with Gasteiger partial charge in [-0.1, -0.05) is 6.07 Å². The highest BCUT2D eigenvalue weighted by Crippen LogP contribution is 2.38. The van der Waals surface area contributed by atoms with Gasteiger partial charge in [0.2, 0.25) is 0 Å². The summed E-state index contributed by atoms with van der Waals surface area (Å²) in [6.45, 7) is 0. The van der Waals surface area contributed by atoms with Gasteiger partial charge in [-0.15, -0.1) is 4.84 Å². The van der Waals surface area contributed by atoms with E-state index in [2.05, 4.69) is 0 Å². The van der Waals surface area contributed by atoms with Crippen LogP contribution in [0.15, 0.2) is 42.5 Å². The monoisotopic (exact) mass is 360 g/mol. The average molecular weight is 360 g/mol. The first-order valence-corrected chi connectivity index (χ1v) is 7.60. The Labute approximate surface area is 147 Å². The first-order valence-electron chi connectivity index (χ1n) is 7.60. The zero-order valence-electron chi connectivity index (χ0n) is 14.0. The molecular formula is C17H16N2O7+2. The molecule has 0 radical (unpaired) electrons. The maximum absolute atomic E-state index is 12.7. The van der Waals surface area contributed by atoms with Gasteiger partial charge in [-0.3, -0.25) is 0 Å². The first-order chi connectivity index (χ1) is 12.5. The van der Waals surface area contributed by atoms with E-state index in [-0.39, 0.29) is 16.1 Å². The van der Waals surface area contributed by atoms with Gasteiger partial charge in [0, 0.05) is 4.91 Å². The zero-order valence-corrected chi connectivity index (χ0v) is 14.0. The molecule has 2 atom stereocenters. The van der Waals surface area contributed by atoms with Crippen LogP contribution in [0.1, 0.15) is 33.9 Å². The topological polar surface area (TPSA) is 105 Å². The molecule has 134 valence electrons. The van der Waals surface area contributed by atoms with Crippen LogP contribution in [0, 0.1) is 9.81 Å². The Morgan fingerprint density at radius 2 is 1.77 bits per heavy atom. The number of methoxy groups -OCH3 is 2. The molecule has 1 heterocycles. The van der Waals surface area contributed by atoms with Crippen LogP contribution in [-0.4, -0.2) is 35.0 Å². The van der Waals surface area contributed by atoms with Gasteiger partial charge in [0.25, 0.3) is 0 Å². The number of carbonyl (C=O) groups is 1. The quantitative estimate of drug-likeness (QED) is 0.817. The molecule has 0 saturated carbocycles. The molecule has 9 nitrogen and oxygen atoms in total. The summed E-state index contributed by atoms with van der Waals surface area (Å²) in [5, 5.41) is 9.08. The minimum atomic E-state index is -1.33. The molecule has 0 spiro atoms. The molecule has 0 aliphatic carbocycles. The molecule has 1 aliphatic rings. The van der Waals surface area contributed by atoms with Gasteiger partial charge in [-0.25, -0.2) is 4.79 Å². The first kappa shape index (κ1) is 17.3. The number of benzene rings is 2. The van der Waals surface area contributed by atoms with Crippen molar-refractivity contribution in [3.63, 3.8) is 0 Å². The van der Waals surface area contributed by atoms with Gasteiger partial charge in [-0.2, -0.15) is 0 Å². The maximum Gasteiger partial charge on any atom is 0.511 e. The van der Waals surface area contributed by atoms with E-state index in [1.165, 1.54) is 44.6 Å². The molecule has 0 aromatic heterocycles. The standard InChI is InChI=1S/C17H15N2O7/c1-24-13-7-6-11(9-14(13)25-2)16-18(22)15(19(23)26-16)10-4-3-5-12(8-10)17(20)21/h3-9,15-16H,1-2H3/q+1/p+1. The minimum Gasteiger partial charge on any atom is -0.493 e. The average Bonchev–Trinajstić information content (AvgIpc) is 2.95. The number of carboxylic acid groups (broad SMARTS) is 1. The molecule has 1 N–H and O–H groups in total. The number of nitroso groups, excluding NO2 is 1. The van der Waals surface area contributed by atoms with Gasteiger partial charge in [0.05, 0.1) is 30.3 Å². The molecular weight excluding hydrogens is 344 g/mol. The van der Waals surface area contributed by atoms with Crippen LogP contribution in [-0.2, 0) is 4.84 Å². The Balaban J connectivity index is 1.94. The number of aromatic carboxylic acids is 1. The number of nitrogens with zero attached hydrogens (tertiary/aromatic N) is 2. The normalized spacial score (nSPS) is 19.2. The summed E-state index contributed by atoms with van der Waals surface area (Å²) in [7, 11) is 2.93. The van der Waals surface area contributed by atoms with Crippen molar-refractivity contribution in [3.8, 4) is 11.5 Å². The molecule has 2 aromatic rings. The Morgan fingerprint density at radius 3 is 2.42 bits per heavy atom. The van der Waals surface area contributed by atoms with E-state index in [1.807, 2.05) is 0 Å². The molecule has 2 unspecified atom stereocenters. The Hall–Kier alpha value is -3.49. The molecule has 2 aromatic carbocycles. The third-order valence-corrected chi connectivity index (χ3v) is 4.00. The van der Waals surface area contributed by atoms with Crippen LogP contribution in [0.4, 0.5) is 0 Å². The van der Waals surface area contributed by atoms with Crippen LogP contribution in [0.5, 0.6) is 11.5 Å². The van der Waals surface area contributed by atoms with E-state index in [9.17, 15) is 14.6 Å². The van der Waals surface area contributed by atoms with Gasteiger partial charge in [-0.05, 0) is 36.4 Å². The lowest BCUT2D eigenvalue weighted by Gasteiger charge is -2.07. The molecule has 0 bridgehead atoms. The minimum absolute atomic E-state index is 0.0288. The fourth-order valence-corrected chi connectivity index (χ4v) is 2.74. The molecule has 3 rings (SSSR count). The van der Waals surface area contributed by atoms with Crippen LogP contribution in [0.3, 0.4) is 0 Å². The van der Waals surface area contributed by atoms with Crippen LogP contribution >= 0.6 is 0 Å². The summed E-state index contributed by atoms with van der Waals surface area (Å²) in [5.41, 5.74) is 0.590.